The first kappa shape index (κ1) is 12.1. The van der Waals surface area contributed by atoms with Gasteiger partial charge in [0.15, 0.2) is 0 Å². The molecule has 0 spiro atoms. The lowest BCUT2D eigenvalue weighted by Crippen LogP contribution is -2.19. The zero-order valence-corrected chi connectivity index (χ0v) is 9.97. The Morgan fingerprint density at radius 3 is 2.44 bits per heavy atom. The maximum absolute atomic E-state index is 12.8. The third-order valence-electron chi connectivity index (χ3n) is 2.47. The molecule has 0 aliphatic rings. The van der Waals surface area contributed by atoms with E-state index in [2.05, 4.69) is 9.97 Å². The number of anilines is 3. The van der Waals surface area contributed by atoms with Crippen LogP contribution in [-0.2, 0) is 6.54 Å². The molecule has 2 rings (SSSR count). The Balaban J connectivity index is 2.16. The number of nitrogens with two attached hydrogens (primary N) is 2. The third kappa shape index (κ3) is 2.85. The second-order valence-corrected chi connectivity index (χ2v) is 3.99. The predicted octanol–water partition coefficient (Wildman–Crippen LogP) is 1.42. The zero-order valence-electron chi connectivity index (χ0n) is 9.97. The normalized spacial score (nSPS) is 10.3. The van der Waals surface area contributed by atoms with Gasteiger partial charge in [0.2, 0.25) is 5.95 Å². The molecular weight excluding hydrogens is 233 g/mol. The summed E-state index contributed by atoms with van der Waals surface area (Å²) in [5.41, 5.74) is 12.1. The van der Waals surface area contributed by atoms with Crippen molar-refractivity contribution in [1.29, 1.82) is 0 Å². The van der Waals surface area contributed by atoms with Crippen LogP contribution in [0.15, 0.2) is 30.3 Å². The van der Waals surface area contributed by atoms with Crippen molar-refractivity contribution >= 4 is 17.6 Å². The molecule has 0 radical (unpaired) electrons. The standard InChI is InChI=1S/C12H14FN5/c1-18(7-8-2-4-9(13)5-3-8)11-6-10(14)16-12(15)17-11/h2-6H,7H2,1H3,(H4,14,15,16,17). The molecule has 2 aromatic rings. The van der Waals surface area contributed by atoms with Gasteiger partial charge in [0.25, 0.3) is 0 Å². The summed E-state index contributed by atoms with van der Waals surface area (Å²) in [6.45, 7) is 0.580. The second-order valence-electron chi connectivity index (χ2n) is 3.99. The lowest BCUT2D eigenvalue weighted by atomic mass is 10.2. The van der Waals surface area contributed by atoms with Gasteiger partial charge in [-0.05, 0) is 17.7 Å². The van der Waals surface area contributed by atoms with Gasteiger partial charge in [0, 0.05) is 19.7 Å². The van der Waals surface area contributed by atoms with Gasteiger partial charge in [-0.25, -0.2) is 4.39 Å². The van der Waals surface area contributed by atoms with Crippen molar-refractivity contribution in [2.75, 3.05) is 23.4 Å². The third-order valence-corrected chi connectivity index (χ3v) is 2.47. The average molecular weight is 247 g/mol. The van der Waals surface area contributed by atoms with E-state index in [1.165, 1.54) is 12.1 Å². The molecule has 0 unspecified atom stereocenters. The summed E-state index contributed by atoms with van der Waals surface area (Å²) in [4.78, 5) is 9.75. The van der Waals surface area contributed by atoms with Crippen molar-refractivity contribution in [3.05, 3.63) is 41.7 Å². The van der Waals surface area contributed by atoms with E-state index in [0.29, 0.717) is 18.2 Å². The molecule has 0 atom stereocenters. The van der Waals surface area contributed by atoms with Gasteiger partial charge in [0.05, 0.1) is 0 Å². The molecule has 5 nitrogen and oxygen atoms in total. The van der Waals surface area contributed by atoms with Crippen LogP contribution in [0.25, 0.3) is 0 Å². The average Bonchev–Trinajstić information content (AvgIpc) is 2.31. The van der Waals surface area contributed by atoms with Crippen molar-refractivity contribution in [3.63, 3.8) is 0 Å². The lowest BCUT2D eigenvalue weighted by molar-refractivity contribution is 0.627. The molecule has 0 fully saturated rings. The quantitative estimate of drug-likeness (QED) is 0.857. The number of nitrogen functional groups attached to an aromatic ring is 2. The lowest BCUT2D eigenvalue weighted by Gasteiger charge is -2.18. The van der Waals surface area contributed by atoms with Crippen LogP contribution in [0.4, 0.5) is 22.0 Å². The highest BCUT2D eigenvalue weighted by atomic mass is 19.1. The predicted molar refractivity (Wildman–Crippen MR) is 69.4 cm³/mol. The smallest absolute Gasteiger partial charge is 0.223 e. The van der Waals surface area contributed by atoms with E-state index < -0.39 is 0 Å². The highest BCUT2D eigenvalue weighted by Gasteiger charge is 2.06. The fourth-order valence-electron chi connectivity index (χ4n) is 1.61. The van der Waals surface area contributed by atoms with Gasteiger partial charge < -0.3 is 16.4 Å². The Morgan fingerprint density at radius 2 is 1.83 bits per heavy atom. The molecule has 18 heavy (non-hydrogen) atoms. The Morgan fingerprint density at radius 1 is 1.17 bits per heavy atom. The maximum atomic E-state index is 12.8. The minimum atomic E-state index is -0.253. The molecular formula is C12H14FN5. The van der Waals surface area contributed by atoms with Crippen LogP contribution in [0.3, 0.4) is 0 Å². The highest BCUT2D eigenvalue weighted by Crippen LogP contribution is 2.16. The van der Waals surface area contributed by atoms with Gasteiger partial charge in [-0.15, -0.1) is 0 Å². The van der Waals surface area contributed by atoms with Gasteiger partial charge in [-0.3, -0.25) is 0 Å². The van der Waals surface area contributed by atoms with Gasteiger partial charge in [-0.1, -0.05) is 12.1 Å². The molecule has 4 N–H and O–H groups in total. The van der Waals surface area contributed by atoms with E-state index in [1.54, 1.807) is 18.2 Å². The van der Waals surface area contributed by atoms with Crippen LogP contribution in [0.5, 0.6) is 0 Å². The van der Waals surface area contributed by atoms with Crippen LogP contribution >= 0.6 is 0 Å². The number of hydrogen-bond acceptors (Lipinski definition) is 5. The summed E-state index contributed by atoms with van der Waals surface area (Å²) >= 11 is 0. The second kappa shape index (κ2) is 4.87. The summed E-state index contributed by atoms with van der Waals surface area (Å²) in [6.07, 6.45) is 0. The number of aromatic nitrogens is 2. The van der Waals surface area contributed by atoms with Crippen molar-refractivity contribution < 1.29 is 4.39 Å². The molecule has 0 aliphatic heterocycles. The number of halogens is 1. The molecule has 6 heteroatoms. The minimum absolute atomic E-state index is 0.135. The van der Waals surface area contributed by atoms with E-state index in [9.17, 15) is 4.39 Å². The van der Waals surface area contributed by atoms with E-state index in [-0.39, 0.29) is 11.8 Å². The van der Waals surface area contributed by atoms with E-state index >= 15 is 0 Å². The molecule has 0 saturated carbocycles. The highest BCUT2D eigenvalue weighted by molar-refractivity contribution is 5.50. The first-order valence-corrected chi connectivity index (χ1v) is 5.40. The van der Waals surface area contributed by atoms with Crippen LogP contribution < -0.4 is 16.4 Å². The van der Waals surface area contributed by atoms with Gasteiger partial charge in [-0.2, -0.15) is 9.97 Å². The van der Waals surface area contributed by atoms with E-state index in [0.717, 1.165) is 5.56 Å². The Labute approximate surface area is 104 Å². The fraction of sp³-hybridized carbons (Fsp3) is 0.167. The Bertz CT molecular complexity index is 520. The molecule has 0 saturated heterocycles. The van der Waals surface area contributed by atoms with Crippen molar-refractivity contribution in [2.24, 2.45) is 0 Å². The van der Waals surface area contributed by atoms with E-state index in [4.69, 9.17) is 11.5 Å². The number of benzene rings is 1. The summed E-state index contributed by atoms with van der Waals surface area (Å²) in [5, 5.41) is 0. The first-order chi connectivity index (χ1) is 8.54. The molecule has 1 aromatic heterocycles. The summed E-state index contributed by atoms with van der Waals surface area (Å²) in [7, 11) is 1.85. The van der Waals surface area contributed by atoms with Crippen molar-refractivity contribution in [1.82, 2.24) is 9.97 Å². The summed E-state index contributed by atoms with van der Waals surface area (Å²) < 4.78 is 12.8. The zero-order chi connectivity index (χ0) is 13.1. The van der Waals surface area contributed by atoms with Crippen molar-refractivity contribution in [3.8, 4) is 0 Å². The number of nitrogens with zero attached hydrogens (tertiary/aromatic N) is 3. The van der Waals surface area contributed by atoms with Gasteiger partial charge in [0.1, 0.15) is 17.5 Å². The SMILES string of the molecule is CN(Cc1ccc(F)cc1)c1cc(N)nc(N)n1. The van der Waals surface area contributed by atoms with E-state index in [1.807, 2.05) is 11.9 Å². The molecule has 94 valence electrons. The topological polar surface area (TPSA) is 81.1 Å². The fourth-order valence-corrected chi connectivity index (χ4v) is 1.61. The van der Waals surface area contributed by atoms with Crippen LogP contribution in [-0.4, -0.2) is 17.0 Å². The molecule has 1 aromatic carbocycles. The van der Waals surface area contributed by atoms with Crippen LogP contribution in [0.2, 0.25) is 0 Å². The largest absolute Gasteiger partial charge is 0.383 e. The minimum Gasteiger partial charge on any atom is -0.383 e. The first-order valence-electron chi connectivity index (χ1n) is 5.40. The number of rotatable bonds is 3. The monoisotopic (exact) mass is 247 g/mol. The Hall–Kier alpha value is -2.37. The molecule has 0 amide bonds. The van der Waals surface area contributed by atoms with Gasteiger partial charge >= 0.3 is 0 Å². The van der Waals surface area contributed by atoms with Crippen LogP contribution in [0, 0.1) is 5.82 Å². The summed E-state index contributed by atoms with van der Waals surface area (Å²) in [5.74, 6) is 0.834. The molecule has 0 bridgehead atoms. The summed E-state index contributed by atoms with van der Waals surface area (Å²) in [6, 6.07) is 7.93. The number of hydrogen-bond donors (Lipinski definition) is 2. The van der Waals surface area contributed by atoms with Crippen LogP contribution in [0.1, 0.15) is 5.56 Å². The molecule has 0 aliphatic carbocycles. The van der Waals surface area contributed by atoms with Crippen molar-refractivity contribution in [2.45, 2.75) is 6.54 Å². The molecule has 1 heterocycles. The Kier molecular flexibility index (Phi) is 3.27. The maximum Gasteiger partial charge on any atom is 0.223 e.